The van der Waals surface area contributed by atoms with Crippen LogP contribution in [0.1, 0.15) is 18.3 Å². The molecular formula is C12H18N4. The highest BCUT2D eigenvalue weighted by Gasteiger charge is 2.04. The zero-order valence-electron chi connectivity index (χ0n) is 9.85. The summed E-state index contributed by atoms with van der Waals surface area (Å²) in [5.74, 6) is 0. The predicted octanol–water partition coefficient (Wildman–Crippen LogP) is 1.47. The van der Waals surface area contributed by atoms with E-state index in [1.54, 1.807) is 0 Å². The van der Waals surface area contributed by atoms with Crippen LogP contribution >= 0.6 is 0 Å². The van der Waals surface area contributed by atoms with Crippen molar-refractivity contribution in [3.05, 3.63) is 42.2 Å². The van der Waals surface area contributed by atoms with Gasteiger partial charge in [-0.3, -0.25) is 0 Å². The molecule has 0 aromatic carbocycles. The minimum atomic E-state index is 0.887. The van der Waals surface area contributed by atoms with Crippen LogP contribution in [0.4, 0.5) is 0 Å². The second kappa shape index (κ2) is 4.99. The Balaban J connectivity index is 2.17. The summed E-state index contributed by atoms with van der Waals surface area (Å²) in [6.45, 7) is 4.89. The van der Waals surface area contributed by atoms with Gasteiger partial charge < -0.3 is 14.5 Å². The first kappa shape index (κ1) is 11.0. The van der Waals surface area contributed by atoms with Gasteiger partial charge in [-0.1, -0.05) is 0 Å². The molecule has 16 heavy (non-hydrogen) atoms. The molecule has 0 radical (unpaired) electrons. The molecular weight excluding hydrogens is 200 g/mol. The van der Waals surface area contributed by atoms with Crippen molar-refractivity contribution in [2.75, 3.05) is 7.05 Å². The van der Waals surface area contributed by atoms with Crippen molar-refractivity contribution in [1.82, 2.24) is 19.4 Å². The summed E-state index contributed by atoms with van der Waals surface area (Å²) in [5.41, 5.74) is 2.54. The molecule has 0 saturated heterocycles. The molecule has 0 bridgehead atoms. The Labute approximate surface area is 95.9 Å². The maximum Gasteiger partial charge on any atom is 0.0948 e. The van der Waals surface area contributed by atoms with Gasteiger partial charge in [-0.2, -0.15) is 0 Å². The van der Waals surface area contributed by atoms with Gasteiger partial charge in [-0.15, -0.1) is 0 Å². The van der Waals surface area contributed by atoms with E-state index >= 15 is 0 Å². The van der Waals surface area contributed by atoms with Crippen LogP contribution < -0.4 is 5.32 Å². The third-order valence-corrected chi connectivity index (χ3v) is 2.75. The lowest BCUT2D eigenvalue weighted by Gasteiger charge is -2.10. The normalized spacial score (nSPS) is 10.9. The number of hydrogen-bond acceptors (Lipinski definition) is 2. The SMILES string of the molecule is CCn1cncc1Cn1cccc1CNC. The van der Waals surface area contributed by atoms with Gasteiger partial charge in [0, 0.05) is 31.2 Å². The first-order valence-corrected chi connectivity index (χ1v) is 5.62. The molecule has 0 atom stereocenters. The number of nitrogens with zero attached hydrogens (tertiary/aromatic N) is 3. The molecule has 0 unspecified atom stereocenters. The molecule has 0 fully saturated rings. The molecule has 2 heterocycles. The van der Waals surface area contributed by atoms with Gasteiger partial charge in [0.15, 0.2) is 0 Å². The molecule has 0 saturated carbocycles. The van der Waals surface area contributed by atoms with Crippen molar-refractivity contribution < 1.29 is 0 Å². The number of rotatable bonds is 5. The summed E-state index contributed by atoms with van der Waals surface area (Å²) in [7, 11) is 1.97. The Hall–Kier alpha value is -1.55. The minimum Gasteiger partial charge on any atom is -0.344 e. The van der Waals surface area contributed by atoms with E-state index in [0.717, 1.165) is 19.6 Å². The van der Waals surface area contributed by atoms with Crippen LogP contribution in [0, 0.1) is 0 Å². The Bertz CT molecular complexity index is 441. The van der Waals surface area contributed by atoms with E-state index in [2.05, 4.69) is 44.7 Å². The van der Waals surface area contributed by atoms with Crippen molar-refractivity contribution in [2.24, 2.45) is 0 Å². The quantitative estimate of drug-likeness (QED) is 0.824. The second-order valence-electron chi connectivity index (χ2n) is 3.83. The highest BCUT2D eigenvalue weighted by molar-refractivity contribution is 5.10. The monoisotopic (exact) mass is 218 g/mol. The number of nitrogens with one attached hydrogen (secondary N) is 1. The summed E-state index contributed by atoms with van der Waals surface area (Å²) in [5, 5.41) is 3.18. The summed E-state index contributed by atoms with van der Waals surface area (Å²) < 4.78 is 4.42. The predicted molar refractivity (Wildman–Crippen MR) is 64.2 cm³/mol. The van der Waals surface area contributed by atoms with Crippen LogP contribution in [0.5, 0.6) is 0 Å². The Morgan fingerprint density at radius 1 is 1.31 bits per heavy atom. The number of aryl methyl sites for hydroxylation is 1. The van der Waals surface area contributed by atoms with Gasteiger partial charge >= 0.3 is 0 Å². The number of imidazole rings is 1. The molecule has 2 aromatic heterocycles. The molecule has 0 aliphatic heterocycles. The molecule has 2 aromatic rings. The molecule has 86 valence electrons. The van der Waals surface area contributed by atoms with Crippen LogP contribution in [-0.2, 0) is 19.6 Å². The van der Waals surface area contributed by atoms with E-state index in [-0.39, 0.29) is 0 Å². The largest absolute Gasteiger partial charge is 0.344 e. The van der Waals surface area contributed by atoms with Crippen LogP contribution in [0.2, 0.25) is 0 Å². The topological polar surface area (TPSA) is 34.8 Å². The van der Waals surface area contributed by atoms with Crippen molar-refractivity contribution in [2.45, 2.75) is 26.6 Å². The summed E-state index contributed by atoms with van der Waals surface area (Å²) in [6.07, 6.45) is 5.93. The van der Waals surface area contributed by atoms with E-state index in [4.69, 9.17) is 0 Å². The summed E-state index contributed by atoms with van der Waals surface area (Å²) >= 11 is 0. The molecule has 4 nitrogen and oxygen atoms in total. The zero-order chi connectivity index (χ0) is 11.4. The molecule has 0 aliphatic carbocycles. The fourth-order valence-corrected chi connectivity index (χ4v) is 1.88. The minimum absolute atomic E-state index is 0.887. The lowest BCUT2D eigenvalue weighted by Crippen LogP contribution is -2.13. The fraction of sp³-hybridized carbons (Fsp3) is 0.417. The Kier molecular flexibility index (Phi) is 3.41. The lowest BCUT2D eigenvalue weighted by atomic mass is 10.4. The second-order valence-corrected chi connectivity index (χ2v) is 3.83. The lowest BCUT2D eigenvalue weighted by molar-refractivity contribution is 0.639. The van der Waals surface area contributed by atoms with E-state index < -0.39 is 0 Å². The van der Waals surface area contributed by atoms with E-state index in [1.807, 2.05) is 19.6 Å². The van der Waals surface area contributed by atoms with E-state index in [1.165, 1.54) is 11.4 Å². The Morgan fingerprint density at radius 3 is 2.94 bits per heavy atom. The van der Waals surface area contributed by atoms with Crippen LogP contribution in [0.3, 0.4) is 0 Å². The fourth-order valence-electron chi connectivity index (χ4n) is 1.88. The van der Waals surface area contributed by atoms with Crippen LogP contribution in [0.25, 0.3) is 0 Å². The summed E-state index contributed by atoms with van der Waals surface area (Å²) in [4.78, 5) is 4.18. The maximum absolute atomic E-state index is 4.18. The smallest absolute Gasteiger partial charge is 0.0948 e. The van der Waals surface area contributed by atoms with Gasteiger partial charge in [-0.05, 0) is 26.1 Å². The molecule has 0 amide bonds. The molecule has 1 N–H and O–H groups in total. The van der Waals surface area contributed by atoms with Gasteiger partial charge in [0.05, 0.1) is 18.6 Å². The highest BCUT2D eigenvalue weighted by atomic mass is 15.1. The van der Waals surface area contributed by atoms with Gasteiger partial charge in [0.25, 0.3) is 0 Å². The average Bonchev–Trinajstić information content (AvgIpc) is 2.89. The van der Waals surface area contributed by atoms with Gasteiger partial charge in [-0.25, -0.2) is 4.98 Å². The van der Waals surface area contributed by atoms with E-state index in [0.29, 0.717) is 0 Å². The summed E-state index contributed by atoms with van der Waals surface area (Å²) in [6, 6.07) is 4.22. The third kappa shape index (κ3) is 2.17. The number of hydrogen-bond donors (Lipinski definition) is 1. The van der Waals surface area contributed by atoms with Gasteiger partial charge in [0.2, 0.25) is 0 Å². The maximum atomic E-state index is 4.18. The van der Waals surface area contributed by atoms with Gasteiger partial charge in [0.1, 0.15) is 0 Å². The molecule has 2 rings (SSSR count). The van der Waals surface area contributed by atoms with Crippen LogP contribution in [-0.4, -0.2) is 21.2 Å². The highest BCUT2D eigenvalue weighted by Crippen LogP contribution is 2.07. The standard InChI is InChI=1S/C12H18N4/c1-3-15-10-14-8-12(15)9-16-6-4-5-11(16)7-13-2/h4-6,8,10,13H,3,7,9H2,1-2H3. The first-order valence-electron chi connectivity index (χ1n) is 5.62. The van der Waals surface area contributed by atoms with Crippen LogP contribution in [0.15, 0.2) is 30.9 Å². The average molecular weight is 218 g/mol. The number of aromatic nitrogens is 3. The van der Waals surface area contributed by atoms with E-state index in [9.17, 15) is 0 Å². The zero-order valence-corrected chi connectivity index (χ0v) is 9.85. The van der Waals surface area contributed by atoms with Crippen molar-refractivity contribution in [3.8, 4) is 0 Å². The Morgan fingerprint density at radius 2 is 2.19 bits per heavy atom. The third-order valence-electron chi connectivity index (χ3n) is 2.75. The first-order chi connectivity index (χ1) is 7.85. The van der Waals surface area contributed by atoms with Crippen molar-refractivity contribution >= 4 is 0 Å². The van der Waals surface area contributed by atoms with Crippen molar-refractivity contribution in [3.63, 3.8) is 0 Å². The molecule has 0 aliphatic rings. The van der Waals surface area contributed by atoms with Crippen molar-refractivity contribution in [1.29, 1.82) is 0 Å². The molecule has 0 spiro atoms. The molecule has 4 heteroatoms.